The lowest BCUT2D eigenvalue weighted by Gasteiger charge is -2.14. The van der Waals surface area contributed by atoms with Gasteiger partial charge in [-0.3, -0.25) is 0 Å². The zero-order valence-electron chi connectivity index (χ0n) is 9.15. The lowest BCUT2D eigenvalue weighted by Crippen LogP contribution is -2.01. The monoisotopic (exact) mass is 245 g/mol. The third kappa shape index (κ3) is 2.14. The van der Waals surface area contributed by atoms with E-state index in [0.29, 0.717) is 22.8 Å². The van der Waals surface area contributed by atoms with E-state index >= 15 is 0 Å². The van der Waals surface area contributed by atoms with Crippen LogP contribution >= 0.6 is 11.6 Å². The Morgan fingerprint density at radius 1 is 1.12 bits per heavy atom. The first-order chi connectivity index (χ1) is 7.69. The molecule has 0 heterocycles. The molecule has 0 amide bonds. The first-order valence-corrected chi connectivity index (χ1v) is 4.74. The molecule has 0 fully saturated rings. The number of ether oxygens (including phenoxy) is 3. The Morgan fingerprint density at radius 3 is 2.19 bits per heavy atom. The molecule has 0 bridgehead atoms. The second-order valence-corrected chi connectivity index (χ2v) is 3.13. The number of halogens is 1. The van der Waals surface area contributed by atoms with Gasteiger partial charge in [0.15, 0.2) is 16.7 Å². The molecule has 1 rings (SSSR count). The molecule has 5 nitrogen and oxygen atoms in total. The SMILES string of the molecule is COc1ccc(/C(Cl)=N\O)c(OC)c1OC. The van der Waals surface area contributed by atoms with Crippen LogP contribution in [0.25, 0.3) is 0 Å². The maximum Gasteiger partial charge on any atom is 0.204 e. The lowest BCUT2D eigenvalue weighted by molar-refractivity contribution is 0.317. The Hall–Kier alpha value is -1.62. The quantitative estimate of drug-likeness (QED) is 0.501. The van der Waals surface area contributed by atoms with E-state index in [4.69, 9.17) is 31.0 Å². The molecule has 0 atom stereocenters. The smallest absolute Gasteiger partial charge is 0.204 e. The molecular weight excluding hydrogens is 234 g/mol. The van der Waals surface area contributed by atoms with Crippen LogP contribution in [0.15, 0.2) is 17.3 Å². The number of rotatable bonds is 4. The molecule has 0 unspecified atom stereocenters. The second kappa shape index (κ2) is 5.46. The van der Waals surface area contributed by atoms with E-state index in [9.17, 15) is 0 Å². The first-order valence-electron chi connectivity index (χ1n) is 4.36. The van der Waals surface area contributed by atoms with Gasteiger partial charge in [-0.2, -0.15) is 0 Å². The largest absolute Gasteiger partial charge is 0.493 e. The van der Waals surface area contributed by atoms with Crippen molar-refractivity contribution in [1.29, 1.82) is 0 Å². The Morgan fingerprint density at radius 2 is 1.75 bits per heavy atom. The zero-order chi connectivity index (χ0) is 12.1. The van der Waals surface area contributed by atoms with Crippen LogP contribution in [-0.2, 0) is 0 Å². The third-order valence-corrected chi connectivity index (χ3v) is 2.29. The summed E-state index contributed by atoms with van der Waals surface area (Å²) in [7, 11) is 4.45. The van der Waals surface area contributed by atoms with Gasteiger partial charge < -0.3 is 19.4 Å². The summed E-state index contributed by atoms with van der Waals surface area (Å²) in [5.74, 6) is 1.25. The van der Waals surface area contributed by atoms with Gasteiger partial charge in [0.1, 0.15) is 0 Å². The van der Waals surface area contributed by atoms with E-state index in [1.165, 1.54) is 21.3 Å². The molecule has 1 aromatic rings. The van der Waals surface area contributed by atoms with Crippen LogP contribution in [0.3, 0.4) is 0 Å². The average Bonchev–Trinajstić information content (AvgIpc) is 2.35. The van der Waals surface area contributed by atoms with E-state index in [1.54, 1.807) is 12.1 Å². The molecule has 0 radical (unpaired) electrons. The fraction of sp³-hybridized carbons (Fsp3) is 0.300. The van der Waals surface area contributed by atoms with Crippen molar-refractivity contribution in [3.63, 3.8) is 0 Å². The molecule has 0 aliphatic heterocycles. The van der Waals surface area contributed by atoms with Gasteiger partial charge in [0, 0.05) is 0 Å². The number of methoxy groups -OCH3 is 3. The van der Waals surface area contributed by atoms with E-state index in [-0.39, 0.29) is 5.17 Å². The predicted octanol–water partition coefficient (Wildman–Crippen LogP) is 2.09. The predicted molar refractivity (Wildman–Crippen MR) is 60.3 cm³/mol. The minimum absolute atomic E-state index is 0.0854. The number of benzene rings is 1. The van der Waals surface area contributed by atoms with Crippen molar-refractivity contribution >= 4 is 16.8 Å². The van der Waals surface area contributed by atoms with E-state index in [2.05, 4.69) is 5.16 Å². The summed E-state index contributed by atoms with van der Waals surface area (Å²) in [4.78, 5) is 0. The summed E-state index contributed by atoms with van der Waals surface area (Å²) >= 11 is 5.72. The van der Waals surface area contributed by atoms with Crippen LogP contribution < -0.4 is 14.2 Å². The highest BCUT2D eigenvalue weighted by molar-refractivity contribution is 6.69. The van der Waals surface area contributed by atoms with Crippen molar-refractivity contribution in [2.24, 2.45) is 5.16 Å². The second-order valence-electron chi connectivity index (χ2n) is 2.77. The molecule has 0 aromatic heterocycles. The molecule has 0 saturated heterocycles. The molecular formula is C10H12ClNO4. The van der Waals surface area contributed by atoms with Crippen molar-refractivity contribution in [2.45, 2.75) is 0 Å². The number of hydrogen-bond acceptors (Lipinski definition) is 5. The van der Waals surface area contributed by atoms with Gasteiger partial charge in [0.05, 0.1) is 26.9 Å². The summed E-state index contributed by atoms with van der Waals surface area (Å²) in [6, 6.07) is 3.26. The maximum absolute atomic E-state index is 8.63. The molecule has 16 heavy (non-hydrogen) atoms. The molecule has 6 heteroatoms. The molecule has 88 valence electrons. The summed E-state index contributed by atoms with van der Waals surface area (Å²) in [6.45, 7) is 0. The summed E-state index contributed by atoms with van der Waals surface area (Å²) in [6.07, 6.45) is 0. The Balaban J connectivity index is 3.43. The van der Waals surface area contributed by atoms with Crippen LogP contribution in [0, 0.1) is 0 Å². The van der Waals surface area contributed by atoms with E-state index < -0.39 is 0 Å². The van der Waals surface area contributed by atoms with Gasteiger partial charge in [-0.05, 0) is 12.1 Å². The van der Waals surface area contributed by atoms with Gasteiger partial charge in [-0.25, -0.2) is 0 Å². The Labute approximate surface area is 98.2 Å². The highest BCUT2D eigenvalue weighted by Crippen LogP contribution is 2.40. The van der Waals surface area contributed by atoms with Crippen molar-refractivity contribution < 1.29 is 19.4 Å². The minimum Gasteiger partial charge on any atom is -0.493 e. The van der Waals surface area contributed by atoms with Crippen LogP contribution in [0.4, 0.5) is 0 Å². The minimum atomic E-state index is -0.0854. The molecule has 1 N–H and O–H groups in total. The number of nitrogens with zero attached hydrogens (tertiary/aromatic N) is 1. The molecule has 0 saturated carbocycles. The topological polar surface area (TPSA) is 60.3 Å². The Kier molecular flexibility index (Phi) is 4.25. The van der Waals surface area contributed by atoms with Gasteiger partial charge in [-0.1, -0.05) is 16.8 Å². The van der Waals surface area contributed by atoms with Crippen molar-refractivity contribution in [1.82, 2.24) is 0 Å². The van der Waals surface area contributed by atoms with E-state index in [1.807, 2.05) is 0 Å². The molecule has 0 spiro atoms. The first kappa shape index (κ1) is 12.4. The van der Waals surface area contributed by atoms with Crippen molar-refractivity contribution in [3.05, 3.63) is 17.7 Å². The molecule has 0 aliphatic rings. The van der Waals surface area contributed by atoms with Crippen molar-refractivity contribution in [2.75, 3.05) is 21.3 Å². The van der Waals surface area contributed by atoms with E-state index in [0.717, 1.165) is 0 Å². The normalized spacial score (nSPS) is 11.1. The number of oxime groups is 1. The highest BCUT2D eigenvalue weighted by atomic mass is 35.5. The van der Waals surface area contributed by atoms with Gasteiger partial charge in [0.2, 0.25) is 5.75 Å². The number of hydrogen-bond donors (Lipinski definition) is 1. The summed E-state index contributed by atoms with van der Waals surface area (Å²) < 4.78 is 15.4. The fourth-order valence-corrected chi connectivity index (χ4v) is 1.47. The lowest BCUT2D eigenvalue weighted by atomic mass is 10.2. The summed E-state index contributed by atoms with van der Waals surface area (Å²) in [5, 5.41) is 11.4. The van der Waals surface area contributed by atoms with Crippen LogP contribution in [0.2, 0.25) is 0 Å². The average molecular weight is 246 g/mol. The molecule has 1 aromatic carbocycles. The van der Waals surface area contributed by atoms with Crippen LogP contribution in [0.5, 0.6) is 17.2 Å². The molecule has 0 aliphatic carbocycles. The fourth-order valence-electron chi connectivity index (χ4n) is 1.32. The van der Waals surface area contributed by atoms with Crippen LogP contribution in [-0.4, -0.2) is 31.7 Å². The van der Waals surface area contributed by atoms with Gasteiger partial charge >= 0.3 is 0 Å². The van der Waals surface area contributed by atoms with Gasteiger partial charge in [-0.15, -0.1) is 0 Å². The Bertz CT molecular complexity index is 406. The van der Waals surface area contributed by atoms with Crippen LogP contribution in [0.1, 0.15) is 5.56 Å². The van der Waals surface area contributed by atoms with Crippen molar-refractivity contribution in [3.8, 4) is 17.2 Å². The van der Waals surface area contributed by atoms with Gasteiger partial charge in [0.25, 0.3) is 0 Å². The zero-order valence-corrected chi connectivity index (χ0v) is 9.91. The third-order valence-electron chi connectivity index (χ3n) is 2.01. The standard InChI is InChI=1S/C10H12ClNO4/c1-14-7-5-4-6(10(11)12-13)8(15-2)9(7)16-3/h4-5,13H,1-3H3/b12-10+. The maximum atomic E-state index is 8.63. The summed E-state index contributed by atoms with van der Waals surface area (Å²) in [5.41, 5.74) is 0.421. The highest BCUT2D eigenvalue weighted by Gasteiger charge is 2.18.